The molecule has 0 saturated heterocycles. The number of H-pyrrole nitrogens is 1. The summed E-state index contributed by atoms with van der Waals surface area (Å²) in [7, 11) is 0. The minimum atomic E-state index is 0. The van der Waals surface area contributed by atoms with Crippen LogP contribution in [0.3, 0.4) is 0 Å². The van der Waals surface area contributed by atoms with Gasteiger partial charge in [0.1, 0.15) is 0 Å². The number of aromatic nitrogens is 8. The topological polar surface area (TPSA) is 191 Å². The molecule has 81 valence electrons. The Morgan fingerprint density at radius 3 is 2.50 bits per heavy atom. The third-order valence-corrected chi connectivity index (χ3v) is 0.842. The maximum absolute atomic E-state index is 3.70. The summed E-state index contributed by atoms with van der Waals surface area (Å²) >= 11 is 0. The Hall–Kier alpha value is -1.62. The summed E-state index contributed by atoms with van der Waals surface area (Å²) < 4.78 is 0. The number of hydrogen-bond donors (Lipinski definition) is 3. The smallest absolute Gasteiger partial charge is 0.452 e. The molecule has 2 rings (SSSR count). The zero-order chi connectivity index (χ0) is 7.52. The first kappa shape index (κ1) is 14.9. The Morgan fingerprint density at radius 2 is 2.00 bits per heavy atom. The molecular formula is C2H7CuN11. The van der Waals surface area contributed by atoms with Gasteiger partial charge in [0.2, 0.25) is 0 Å². The predicted molar refractivity (Wildman–Crippen MR) is 40.0 cm³/mol. The van der Waals surface area contributed by atoms with Crippen molar-refractivity contribution in [1.82, 2.24) is 53.5 Å². The fourth-order valence-corrected chi connectivity index (χ4v) is 0.478. The summed E-state index contributed by atoms with van der Waals surface area (Å²) in [6.45, 7) is 0. The van der Waals surface area contributed by atoms with Crippen molar-refractivity contribution in [2.24, 2.45) is 0 Å². The zero-order valence-electron chi connectivity index (χ0n) is 6.79. The molecule has 2 aromatic rings. The van der Waals surface area contributed by atoms with Crippen LogP contribution in [0.25, 0.3) is 5.32 Å². The fraction of sp³-hybridized carbons (Fsp3) is 0. The fourth-order valence-electron chi connectivity index (χ4n) is 0.478. The van der Waals surface area contributed by atoms with Crippen LogP contribution in [0.1, 0.15) is 0 Å². The van der Waals surface area contributed by atoms with E-state index in [1.165, 1.54) is 0 Å². The third kappa shape index (κ3) is 3.40. The van der Waals surface area contributed by atoms with Crippen molar-refractivity contribution in [3.05, 3.63) is 5.32 Å². The monoisotopic (exact) mass is 248 g/mol. The number of tetrazole rings is 2. The van der Waals surface area contributed by atoms with Crippen molar-refractivity contribution in [3.63, 3.8) is 0 Å². The van der Waals surface area contributed by atoms with E-state index in [1.807, 2.05) is 0 Å². The zero-order valence-corrected chi connectivity index (χ0v) is 7.74. The van der Waals surface area contributed by atoms with Crippen LogP contribution in [0.2, 0.25) is 0 Å². The first-order chi connectivity index (χ1) is 5.45. The largest absolute Gasteiger partial charge is 2.00 e. The molecule has 0 saturated carbocycles. The number of hydrogen-bond acceptors (Lipinski definition) is 8. The minimum Gasteiger partial charge on any atom is -0.452 e. The molecule has 7 N–H and O–H groups in total. The van der Waals surface area contributed by atoms with Crippen molar-refractivity contribution in [2.45, 2.75) is 0 Å². The molecule has 2 heterocycles. The molecule has 2 aromatic heterocycles. The van der Waals surface area contributed by atoms with Gasteiger partial charge < -0.3 is 33.0 Å². The molecule has 0 spiro atoms. The van der Waals surface area contributed by atoms with Gasteiger partial charge >= 0.3 is 17.1 Å². The van der Waals surface area contributed by atoms with Crippen LogP contribution in [0, 0.1) is 0 Å². The summed E-state index contributed by atoms with van der Waals surface area (Å²) in [5.41, 5.74) is 0. The molecule has 0 amide bonds. The molecular weight excluding hydrogens is 242 g/mol. The van der Waals surface area contributed by atoms with Gasteiger partial charge in [0.05, 0.1) is 0 Å². The van der Waals surface area contributed by atoms with E-state index >= 15 is 0 Å². The van der Waals surface area contributed by atoms with Gasteiger partial charge in [0, 0.05) is 0 Å². The minimum absolute atomic E-state index is 0. The van der Waals surface area contributed by atoms with Crippen LogP contribution < -0.4 is 17.4 Å². The van der Waals surface area contributed by atoms with Crippen LogP contribution in [-0.4, -0.2) is 36.1 Å². The van der Waals surface area contributed by atoms with Gasteiger partial charge in [0.15, 0.2) is 5.95 Å². The summed E-state index contributed by atoms with van der Waals surface area (Å²) in [6, 6.07) is 0. The van der Waals surface area contributed by atoms with Gasteiger partial charge in [-0.05, 0) is 0 Å². The second-order valence-corrected chi connectivity index (χ2v) is 1.50. The molecule has 0 aliphatic rings. The SMILES string of the molecule is N.N.[Cu+2].n1n[n-]c([N-]c2nn[nH]n2)n1. The van der Waals surface area contributed by atoms with Crippen molar-refractivity contribution >= 4 is 11.9 Å². The average Bonchev–Trinajstić information content (AvgIpc) is 2.60. The van der Waals surface area contributed by atoms with Crippen LogP contribution >= 0.6 is 0 Å². The molecule has 0 aliphatic heterocycles. The molecule has 12 heteroatoms. The van der Waals surface area contributed by atoms with Crippen molar-refractivity contribution in [2.75, 3.05) is 0 Å². The standard InChI is InChI=1S/C2HN9.Cu.2H3N/c3(1-4-8-9-5-1)2-6-10-11-7-2;;;/h(H-2,3,4,5,6,7,8,9,10,11);;2*1H3/q-2;+2;;. The first-order valence-electron chi connectivity index (χ1n) is 2.59. The second-order valence-electron chi connectivity index (χ2n) is 1.50. The Balaban J connectivity index is 0. The van der Waals surface area contributed by atoms with Crippen LogP contribution in [0.5, 0.6) is 0 Å². The second kappa shape index (κ2) is 6.85. The van der Waals surface area contributed by atoms with E-state index in [-0.39, 0.29) is 41.3 Å². The van der Waals surface area contributed by atoms with Gasteiger partial charge in [-0.3, -0.25) is 5.21 Å². The molecule has 11 nitrogen and oxygen atoms in total. The van der Waals surface area contributed by atoms with E-state index in [4.69, 9.17) is 0 Å². The molecule has 0 bridgehead atoms. The summed E-state index contributed by atoms with van der Waals surface area (Å²) in [5, 5.41) is 29.6. The molecule has 0 aromatic carbocycles. The Kier molecular flexibility index (Phi) is 7.28. The van der Waals surface area contributed by atoms with E-state index in [1.54, 1.807) is 0 Å². The van der Waals surface area contributed by atoms with Crippen molar-refractivity contribution < 1.29 is 17.1 Å². The number of rotatable bonds is 2. The van der Waals surface area contributed by atoms with Gasteiger partial charge in [-0.15, -0.1) is 10.2 Å². The third-order valence-electron chi connectivity index (χ3n) is 0.842. The van der Waals surface area contributed by atoms with Crippen molar-refractivity contribution in [1.29, 1.82) is 0 Å². The maximum atomic E-state index is 3.70. The van der Waals surface area contributed by atoms with E-state index in [0.29, 0.717) is 0 Å². The average molecular weight is 249 g/mol. The Labute approximate surface area is 88.5 Å². The van der Waals surface area contributed by atoms with Gasteiger partial charge in [0.25, 0.3) is 0 Å². The molecule has 1 radical (unpaired) electrons. The Bertz CT molecular complexity index is 266. The number of nitrogens with one attached hydrogen (secondary N) is 1. The molecule has 0 aliphatic carbocycles. The normalized spacial score (nSPS) is 7.71. The summed E-state index contributed by atoms with van der Waals surface area (Å²) in [5.74, 6) is 0.270. The van der Waals surface area contributed by atoms with Crippen LogP contribution in [-0.2, 0) is 17.1 Å². The predicted octanol–water partition coefficient (Wildman–Crippen LogP) is -1.000. The summed E-state index contributed by atoms with van der Waals surface area (Å²) in [6.07, 6.45) is 0. The van der Waals surface area contributed by atoms with Crippen molar-refractivity contribution in [3.8, 4) is 0 Å². The van der Waals surface area contributed by atoms with E-state index in [2.05, 4.69) is 46.6 Å². The van der Waals surface area contributed by atoms with Gasteiger partial charge in [-0.2, -0.15) is 5.21 Å². The molecule has 0 unspecified atom stereocenters. The molecule has 0 atom stereocenters. The molecule has 0 fully saturated rings. The van der Waals surface area contributed by atoms with Gasteiger partial charge in [-0.1, -0.05) is 11.2 Å². The Morgan fingerprint density at radius 1 is 1.21 bits per heavy atom. The quantitative estimate of drug-likeness (QED) is 0.559. The van der Waals surface area contributed by atoms with Gasteiger partial charge in [-0.25, -0.2) is 0 Å². The van der Waals surface area contributed by atoms with E-state index in [9.17, 15) is 0 Å². The van der Waals surface area contributed by atoms with Crippen LogP contribution in [0.4, 0.5) is 11.9 Å². The summed E-state index contributed by atoms with van der Waals surface area (Å²) in [4.78, 5) is 0. The van der Waals surface area contributed by atoms with E-state index < -0.39 is 0 Å². The van der Waals surface area contributed by atoms with Crippen LogP contribution in [0.15, 0.2) is 0 Å². The number of aromatic amines is 1. The van der Waals surface area contributed by atoms with E-state index in [0.717, 1.165) is 0 Å². The first-order valence-corrected chi connectivity index (χ1v) is 2.59. The maximum Gasteiger partial charge on any atom is 2.00 e. The molecule has 14 heavy (non-hydrogen) atoms. The number of nitrogens with zero attached hydrogens (tertiary/aromatic N) is 8.